The molecule has 0 bridgehead atoms. The van der Waals surface area contributed by atoms with Crippen LogP contribution in [-0.4, -0.2) is 44.1 Å². The number of amides is 2. The van der Waals surface area contributed by atoms with Gasteiger partial charge in [-0.15, -0.1) is 22.0 Å². The molecule has 1 aromatic heterocycles. The highest BCUT2D eigenvalue weighted by Crippen LogP contribution is 2.43. The van der Waals surface area contributed by atoms with E-state index in [0.717, 1.165) is 16.9 Å². The normalized spacial score (nSPS) is 22.1. The van der Waals surface area contributed by atoms with Crippen LogP contribution in [0.4, 0.5) is 0 Å². The number of nitrogens with zero attached hydrogens (tertiary/aromatic N) is 3. The summed E-state index contributed by atoms with van der Waals surface area (Å²) in [5, 5.41) is 10.6. The number of benzene rings is 1. The predicted octanol–water partition coefficient (Wildman–Crippen LogP) is 1.75. The molecule has 26 heavy (non-hydrogen) atoms. The van der Waals surface area contributed by atoms with Gasteiger partial charge in [0.25, 0.3) is 11.8 Å². The van der Waals surface area contributed by atoms with Gasteiger partial charge in [0.05, 0.1) is 6.42 Å². The standard InChI is InChI=1S/C18H18N4O3S/c1-10-9-26-18-14(19-13(23)8-12-6-4-3-5-7-12)17(24)22(18)15(10)16-21-20-11(2)25-16/h3-7,14,18H,8-9H2,1-2H3,(H,19,23)/t14-,18-/m1/s1. The molecule has 1 saturated heterocycles. The smallest absolute Gasteiger partial charge is 0.264 e. The summed E-state index contributed by atoms with van der Waals surface area (Å²) in [5.74, 6) is 1.25. The molecule has 4 rings (SSSR count). The van der Waals surface area contributed by atoms with Crippen molar-refractivity contribution in [1.29, 1.82) is 0 Å². The number of hydrogen-bond donors (Lipinski definition) is 1. The van der Waals surface area contributed by atoms with E-state index >= 15 is 0 Å². The third-order valence-corrected chi connectivity index (χ3v) is 5.84. The molecule has 1 fully saturated rings. The molecule has 7 nitrogen and oxygen atoms in total. The van der Waals surface area contributed by atoms with Crippen LogP contribution < -0.4 is 5.32 Å². The van der Waals surface area contributed by atoms with Gasteiger partial charge in [0, 0.05) is 12.7 Å². The van der Waals surface area contributed by atoms with Gasteiger partial charge in [-0.25, -0.2) is 0 Å². The van der Waals surface area contributed by atoms with Crippen molar-refractivity contribution in [2.45, 2.75) is 31.7 Å². The Kier molecular flexibility index (Phi) is 4.28. The van der Waals surface area contributed by atoms with Crippen LogP contribution in [0.15, 0.2) is 40.3 Å². The molecule has 0 spiro atoms. The summed E-state index contributed by atoms with van der Waals surface area (Å²) in [6.45, 7) is 3.67. The summed E-state index contributed by atoms with van der Waals surface area (Å²) >= 11 is 1.63. The van der Waals surface area contributed by atoms with Crippen molar-refractivity contribution in [2.75, 3.05) is 5.75 Å². The van der Waals surface area contributed by atoms with Gasteiger partial charge in [-0.05, 0) is 18.1 Å². The summed E-state index contributed by atoms with van der Waals surface area (Å²) in [7, 11) is 0. The molecule has 3 heterocycles. The van der Waals surface area contributed by atoms with Crippen LogP contribution in [0.5, 0.6) is 0 Å². The number of rotatable bonds is 4. The van der Waals surface area contributed by atoms with Crippen molar-refractivity contribution in [2.24, 2.45) is 0 Å². The quantitative estimate of drug-likeness (QED) is 0.825. The Labute approximate surface area is 154 Å². The SMILES string of the molecule is CC1=C(c2nnc(C)o2)N2C(=O)[C@@H](NC(=O)Cc3ccccc3)[C@H]2SC1. The lowest BCUT2D eigenvalue weighted by Gasteiger charge is -2.49. The largest absolute Gasteiger partial charge is 0.420 e. The minimum absolute atomic E-state index is 0.145. The van der Waals surface area contributed by atoms with Gasteiger partial charge in [0.15, 0.2) is 0 Å². The highest BCUT2D eigenvalue weighted by molar-refractivity contribution is 8.00. The first-order valence-electron chi connectivity index (χ1n) is 8.33. The lowest BCUT2D eigenvalue weighted by atomic mass is 10.0. The first-order chi connectivity index (χ1) is 12.5. The van der Waals surface area contributed by atoms with E-state index in [1.165, 1.54) is 0 Å². The third-order valence-electron chi connectivity index (χ3n) is 4.41. The van der Waals surface area contributed by atoms with Crippen LogP contribution >= 0.6 is 11.8 Å². The Balaban J connectivity index is 1.48. The number of β-lactam (4-membered cyclic amide) rings is 1. The van der Waals surface area contributed by atoms with E-state index in [0.29, 0.717) is 17.5 Å². The monoisotopic (exact) mass is 370 g/mol. The van der Waals surface area contributed by atoms with Crippen molar-refractivity contribution in [3.63, 3.8) is 0 Å². The molecule has 2 aliphatic rings. The van der Waals surface area contributed by atoms with E-state index in [4.69, 9.17) is 4.42 Å². The summed E-state index contributed by atoms with van der Waals surface area (Å²) < 4.78 is 5.52. The zero-order chi connectivity index (χ0) is 18.3. The molecule has 0 saturated carbocycles. The van der Waals surface area contributed by atoms with Gasteiger partial charge in [-0.1, -0.05) is 30.3 Å². The van der Waals surface area contributed by atoms with Crippen LogP contribution in [0.3, 0.4) is 0 Å². The molecule has 0 aliphatic carbocycles. The Bertz CT molecular complexity index is 893. The van der Waals surface area contributed by atoms with Gasteiger partial charge >= 0.3 is 0 Å². The fraction of sp³-hybridized carbons (Fsp3) is 0.333. The molecule has 8 heteroatoms. The molecule has 2 aromatic rings. The lowest BCUT2D eigenvalue weighted by molar-refractivity contribution is -0.143. The Hall–Kier alpha value is -2.61. The Morgan fingerprint density at radius 2 is 2.08 bits per heavy atom. The van der Waals surface area contributed by atoms with Crippen LogP contribution in [0.25, 0.3) is 5.70 Å². The highest BCUT2D eigenvalue weighted by atomic mass is 32.2. The number of carbonyl (C=O) groups excluding carboxylic acids is 2. The minimum Gasteiger partial charge on any atom is -0.420 e. The summed E-state index contributed by atoms with van der Waals surface area (Å²) in [6, 6.07) is 8.95. The van der Waals surface area contributed by atoms with Crippen molar-refractivity contribution in [3.05, 3.63) is 53.2 Å². The van der Waals surface area contributed by atoms with Crippen LogP contribution in [0.2, 0.25) is 0 Å². The first-order valence-corrected chi connectivity index (χ1v) is 9.37. The fourth-order valence-corrected chi connectivity index (χ4v) is 4.47. The second-order valence-electron chi connectivity index (χ2n) is 6.37. The number of carbonyl (C=O) groups is 2. The van der Waals surface area contributed by atoms with Crippen molar-refractivity contribution in [3.8, 4) is 0 Å². The average Bonchev–Trinajstić information content (AvgIpc) is 3.06. The molecule has 1 aromatic carbocycles. The highest BCUT2D eigenvalue weighted by Gasteiger charge is 2.53. The summed E-state index contributed by atoms with van der Waals surface area (Å²) in [6.07, 6.45) is 0.257. The van der Waals surface area contributed by atoms with E-state index < -0.39 is 6.04 Å². The fourth-order valence-electron chi connectivity index (χ4n) is 3.17. The molecular weight excluding hydrogens is 352 g/mol. The predicted molar refractivity (Wildman–Crippen MR) is 96.8 cm³/mol. The molecule has 2 atom stereocenters. The molecule has 2 amide bonds. The second-order valence-corrected chi connectivity index (χ2v) is 7.48. The molecule has 134 valence electrons. The van der Waals surface area contributed by atoms with E-state index in [9.17, 15) is 9.59 Å². The maximum absolute atomic E-state index is 12.7. The van der Waals surface area contributed by atoms with E-state index in [1.54, 1.807) is 23.6 Å². The van der Waals surface area contributed by atoms with Crippen molar-refractivity contribution >= 4 is 29.3 Å². The van der Waals surface area contributed by atoms with Crippen LogP contribution in [0.1, 0.15) is 24.3 Å². The maximum atomic E-state index is 12.7. The topological polar surface area (TPSA) is 88.3 Å². The third kappa shape index (κ3) is 2.90. The van der Waals surface area contributed by atoms with Crippen molar-refractivity contribution < 1.29 is 14.0 Å². The molecule has 2 aliphatic heterocycles. The number of fused-ring (bicyclic) bond motifs is 1. The van der Waals surface area contributed by atoms with Crippen LogP contribution in [-0.2, 0) is 16.0 Å². The average molecular weight is 370 g/mol. The maximum Gasteiger partial charge on any atom is 0.264 e. The van der Waals surface area contributed by atoms with Gasteiger partial charge in [0.2, 0.25) is 11.8 Å². The zero-order valence-electron chi connectivity index (χ0n) is 14.4. The number of aryl methyl sites for hydroxylation is 1. The molecule has 0 unspecified atom stereocenters. The summed E-state index contributed by atoms with van der Waals surface area (Å²) in [5.41, 5.74) is 2.60. The molecular formula is C18H18N4O3S. The Morgan fingerprint density at radius 3 is 2.77 bits per heavy atom. The van der Waals surface area contributed by atoms with E-state index in [-0.39, 0.29) is 23.6 Å². The number of hydrogen-bond acceptors (Lipinski definition) is 6. The number of aromatic nitrogens is 2. The summed E-state index contributed by atoms with van der Waals surface area (Å²) in [4.78, 5) is 26.7. The van der Waals surface area contributed by atoms with Gasteiger partial charge in [-0.2, -0.15) is 0 Å². The van der Waals surface area contributed by atoms with E-state index in [1.807, 2.05) is 37.3 Å². The second kappa shape index (κ2) is 6.60. The van der Waals surface area contributed by atoms with Crippen LogP contribution in [0, 0.1) is 6.92 Å². The van der Waals surface area contributed by atoms with Gasteiger partial charge in [0.1, 0.15) is 17.1 Å². The minimum atomic E-state index is -0.525. The Morgan fingerprint density at radius 1 is 1.31 bits per heavy atom. The molecule has 1 N–H and O–H groups in total. The zero-order valence-corrected chi connectivity index (χ0v) is 15.2. The first kappa shape index (κ1) is 16.8. The van der Waals surface area contributed by atoms with Crippen molar-refractivity contribution in [1.82, 2.24) is 20.4 Å². The number of thioether (sulfide) groups is 1. The van der Waals surface area contributed by atoms with Gasteiger partial charge in [-0.3, -0.25) is 14.5 Å². The van der Waals surface area contributed by atoms with E-state index in [2.05, 4.69) is 15.5 Å². The van der Waals surface area contributed by atoms with Gasteiger partial charge < -0.3 is 9.73 Å². The molecule has 0 radical (unpaired) electrons. The lowest BCUT2D eigenvalue weighted by Crippen LogP contribution is -2.69. The number of nitrogens with one attached hydrogen (secondary N) is 1.